The summed E-state index contributed by atoms with van der Waals surface area (Å²) in [6.45, 7) is 2.14. The van der Waals surface area contributed by atoms with Crippen molar-refractivity contribution in [1.82, 2.24) is 9.97 Å². The number of hydrogen-bond donors (Lipinski definition) is 2. The Morgan fingerprint density at radius 3 is 2.50 bits per heavy atom. The number of nitrogens with zero attached hydrogens (tertiary/aromatic N) is 3. The van der Waals surface area contributed by atoms with Crippen molar-refractivity contribution in [3.63, 3.8) is 0 Å². The standard InChI is InChI=1S/C23H23N5O5S/c1-15-4-9-20(33-2)19(12-15)28-14-16(13-21(28)29)22(30)26-17-5-7-18(8-6-17)34(31,32)27-23-24-10-3-11-25-23/h3-12,16H,13-14H2,1-2H3,(H,26,30)(H,24,25,27)/t16-/m1/s1. The first-order chi connectivity index (χ1) is 16.3. The predicted octanol–water partition coefficient (Wildman–Crippen LogP) is 2.59. The monoisotopic (exact) mass is 481 g/mol. The molecule has 0 saturated carbocycles. The summed E-state index contributed by atoms with van der Waals surface area (Å²) in [6.07, 6.45) is 2.91. The largest absolute Gasteiger partial charge is 0.495 e. The minimum Gasteiger partial charge on any atom is -0.495 e. The SMILES string of the molecule is COc1ccc(C)cc1N1C[C@H](C(=O)Nc2ccc(S(=O)(=O)Nc3ncccn3)cc2)CC1=O. The number of hydrogen-bond acceptors (Lipinski definition) is 7. The molecule has 34 heavy (non-hydrogen) atoms. The molecule has 3 aromatic rings. The maximum Gasteiger partial charge on any atom is 0.264 e. The molecule has 11 heteroatoms. The van der Waals surface area contributed by atoms with E-state index in [1.54, 1.807) is 17.0 Å². The second-order valence-electron chi connectivity index (χ2n) is 7.77. The van der Waals surface area contributed by atoms with Crippen molar-refractivity contribution in [2.45, 2.75) is 18.2 Å². The zero-order valence-corrected chi connectivity index (χ0v) is 19.4. The van der Waals surface area contributed by atoms with E-state index in [0.29, 0.717) is 17.1 Å². The fourth-order valence-electron chi connectivity index (χ4n) is 3.62. The average Bonchev–Trinajstić information content (AvgIpc) is 3.21. The molecule has 1 aromatic heterocycles. The minimum absolute atomic E-state index is 0.00767. The number of aromatic nitrogens is 2. The van der Waals surface area contributed by atoms with Crippen molar-refractivity contribution in [3.8, 4) is 5.75 Å². The predicted molar refractivity (Wildman–Crippen MR) is 126 cm³/mol. The summed E-state index contributed by atoms with van der Waals surface area (Å²) >= 11 is 0. The molecule has 176 valence electrons. The van der Waals surface area contributed by atoms with Gasteiger partial charge in [0.05, 0.1) is 23.6 Å². The van der Waals surface area contributed by atoms with Crippen LogP contribution in [0.1, 0.15) is 12.0 Å². The normalized spacial score (nSPS) is 15.8. The van der Waals surface area contributed by atoms with Crippen LogP contribution in [0.4, 0.5) is 17.3 Å². The number of sulfonamides is 1. The van der Waals surface area contributed by atoms with Gasteiger partial charge in [0, 0.05) is 31.0 Å². The second-order valence-corrected chi connectivity index (χ2v) is 9.45. The first kappa shape index (κ1) is 23.2. The molecule has 4 rings (SSSR count). The molecule has 10 nitrogen and oxygen atoms in total. The number of ether oxygens (including phenoxy) is 1. The molecule has 1 aliphatic rings. The highest BCUT2D eigenvalue weighted by Gasteiger charge is 2.36. The maximum absolute atomic E-state index is 12.8. The molecule has 0 spiro atoms. The van der Waals surface area contributed by atoms with Crippen molar-refractivity contribution >= 4 is 39.2 Å². The van der Waals surface area contributed by atoms with E-state index in [9.17, 15) is 18.0 Å². The lowest BCUT2D eigenvalue weighted by Gasteiger charge is -2.20. The van der Waals surface area contributed by atoms with Crippen molar-refractivity contribution in [2.75, 3.05) is 28.6 Å². The molecule has 2 aromatic carbocycles. The molecule has 1 fully saturated rings. The Balaban J connectivity index is 1.42. The van der Waals surface area contributed by atoms with Crippen LogP contribution in [0, 0.1) is 12.8 Å². The third-order valence-electron chi connectivity index (χ3n) is 5.34. The van der Waals surface area contributed by atoms with E-state index in [2.05, 4.69) is 20.0 Å². The van der Waals surface area contributed by atoms with Crippen LogP contribution in [-0.2, 0) is 19.6 Å². The van der Waals surface area contributed by atoms with Crippen LogP contribution >= 0.6 is 0 Å². The number of carbonyl (C=O) groups is 2. The van der Waals surface area contributed by atoms with Crippen molar-refractivity contribution < 1.29 is 22.7 Å². The number of benzene rings is 2. The molecule has 2 amide bonds. The lowest BCUT2D eigenvalue weighted by atomic mass is 10.1. The fraction of sp³-hybridized carbons (Fsp3) is 0.217. The summed E-state index contributed by atoms with van der Waals surface area (Å²) in [5.74, 6) is -0.529. The van der Waals surface area contributed by atoms with Crippen LogP contribution in [0.15, 0.2) is 65.8 Å². The van der Waals surface area contributed by atoms with E-state index in [1.807, 2.05) is 19.1 Å². The summed E-state index contributed by atoms with van der Waals surface area (Å²) in [6, 6.07) is 12.8. The molecule has 1 aliphatic heterocycles. The summed E-state index contributed by atoms with van der Waals surface area (Å²) in [5.41, 5.74) is 2.02. The number of rotatable bonds is 7. The average molecular weight is 482 g/mol. The third-order valence-corrected chi connectivity index (χ3v) is 6.69. The quantitative estimate of drug-likeness (QED) is 0.530. The van der Waals surface area contributed by atoms with Gasteiger partial charge in [-0.05, 0) is 55.0 Å². The van der Waals surface area contributed by atoms with Crippen molar-refractivity contribution in [2.24, 2.45) is 5.92 Å². The number of nitrogens with one attached hydrogen (secondary N) is 2. The number of anilines is 3. The molecule has 0 radical (unpaired) electrons. The molecular weight excluding hydrogens is 458 g/mol. The Morgan fingerprint density at radius 1 is 1.12 bits per heavy atom. The van der Waals surface area contributed by atoms with Gasteiger partial charge in [-0.25, -0.2) is 23.1 Å². The van der Waals surface area contributed by atoms with E-state index in [0.717, 1.165) is 5.56 Å². The Labute approximate surface area is 197 Å². The zero-order valence-electron chi connectivity index (χ0n) is 18.6. The van der Waals surface area contributed by atoms with Crippen molar-refractivity contribution in [3.05, 3.63) is 66.5 Å². The summed E-state index contributed by atoms with van der Waals surface area (Å²) in [5, 5.41) is 2.76. The topological polar surface area (TPSA) is 131 Å². The van der Waals surface area contributed by atoms with Gasteiger partial charge in [-0.2, -0.15) is 0 Å². The van der Waals surface area contributed by atoms with Crippen LogP contribution < -0.4 is 19.7 Å². The van der Waals surface area contributed by atoms with E-state index >= 15 is 0 Å². The summed E-state index contributed by atoms with van der Waals surface area (Å²) in [4.78, 5) is 34.7. The van der Waals surface area contributed by atoms with Crippen LogP contribution in [0.25, 0.3) is 0 Å². The lowest BCUT2D eigenvalue weighted by molar-refractivity contribution is -0.122. The fourth-order valence-corrected chi connectivity index (χ4v) is 4.58. The molecule has 0 bridgehead atoms. The van der Waals surface area contributed by atoms with Crippen LogP contribution in [0.5, 0.6) is 5.75 Å². The van der Waals surface area contributed by atoms with Crippen LogP contribution in [0.2, 0.25) is 0 Å². The Kier molecular flexibility index (Phi) is 6.46. The van der Waals surface area contributed by atoms with Gasteiger partial charge in [-0.1, -0.05) is 6.07 Å². The maximum atomic E-state index is 12.8. The van der Waals surface area contributed by atoms with Crippen molar-refractivity contribution in [1.29, 1.82) is 0 Å². The number of amides is 2. The molecule has 1 atom stereocenters. The van der Waals surface area contributed by atoms with E-state index in [4.69, 9.17) is 4.74 Å². The van der Waals surface area contributed by atoms with Gasteiger partial charge in [0.2, 0.25) is 17.8 Å². The van der Waals surface area contributed by atoms with Crippen LogP contribution in [0.3, 0.4) is 0 Å². The smallest absolute Gasteiger partial charge is 0.264 e. The molecule has 1 saturated heterocycles. The van der Waals surface area contributed by atoms with Gasteiger partial charge in [0.1, 0.15) is 5.75 Å². The molecule has 2 N–H and O–H groups in total. The summed E-state index contributed by atoms with van der Waals surface area (Å²) < 4.78 is 32.7. The van der Waals surface area contributed by atoms with E-state index in [1.165, 1.54) is 43.8 Å². The Bertz CT molecular complexity index is 1310. The highest BCUT2D eigenvalue weighted by molar-refractivity contribution is 7.92. The first-order valence-electron chi connectivity index (χ1n) is 10.4. The number of aryl methyl sites for hydroxylation is 1. The second kappa shape index (κ2) is 9.48. The van der Waals surface area contributed by atoms with E-state index < -0.39 is 15.9 Å². The third kappa shape index (κ3) is 4.99. The lowest BCUT2D eigenvalue weighted by Crippen LogP contribution is -2.28. The molecule has 2 heterocycles. The number of carbonyl (C=O) groups excluding carboxylic acids is 2. The van der Waals surface area contributed by atoms with Crippen LogP contribution in [-0.4, -0.2) is 43.9 Å². The van der Waals surface area contributed by atoms with Gasteiger partial charge >= 0.3 is 0 Å². The van der Waals surface area contributed by atoms with Gasteiger partial charge in [-0.3, -0.25) is 9.59 Å². The van der Waals surface area contributed by atoms with Gasteiger partial charge in [0.25, 0.3) is 10.0 Å². The Morgan fingerprint density at radius 2 is 1.82 bits per heavy atom. The molecular formula is C23H23N5O5S. The Hall–Kier alpha value is -3.99. The first-order valence-corrected chi connectivity index (χ1v) is 11.9. The molecule has 0 aliphatic carbocycles. The molecule has 0 unspecified atom stereocenters. The van der Waals surface area contributed by atoms with Gasteiger partial charge in [-0.15, -0.1) is 0 Å². The van der Waals surface area contributed by atoms with Gasteiger partial charge in [0.15, 0.2) is 0 Å². The minimum atomic E-state index is -3.88. The highest BCUT2D eigenvalue weighted by atomic mass is 32.2. The van der Waals surface area contributed by atoms with E-state index in [-0.39, 0.29) is 35.6 Å². The summed E-state index contributed by atoms with van der Waals surface area (Å²) in [7, 11) is -2.35. The number of methoxy groups -OCH3 is 1. The van der Waals surface area contributed by atoms with Gasteiger partial charge < -0.3 is 15.0 Å². The highest BCUT2D eigenvalue weighted by Crippen LogP contribution is 2.34. The zero-order chi connectivity index (χ0) is 24.3.